The van der Waals surface area contributed by atoms with Gasteiger partial charge in [0.25, 0.3) is 5.91 Å². The molecule has 0 fully saturated rings. The van der Waals surface area contributed by atoms with Crippen molar-refractivity contribution in [1.29, 1.82) is 0 Å². The fourth-order valence-electron chi connectivity index (χ4n) is 2.60. The molecular formula is C17H13ClN6OS. The first-order valence-electron chi connectivity index (χ1n) is 7.82. The van der Waals surface area contributed by atoms with E-state index >= 15 is 0 Å². The molecule has 1 atom stereocenters. The van der Waals surface area contributed by atoms with Crippen molar-refractivity contribution >= 4 is 44.2 Å². The van der Waals surface area contributed by atoms with Crippen LogP contribution in [0.4, 0.5) is 5.13 Å². The molecule has 1 unspecified atom stereocenters. The third-order valence-electron chi connectivity index (χ3n) is 3.84. The number of thiazole rings is 1. The zero-order valence-corrected chi connectivity index (χ0v) is 15.0. The predicted octanol–water partition coefficient (Wildman–Crippen LogP) is 3.36. The van der Waals surface area contributed by atoms with Crippen molar-refractivity contribution in [2.45, 2.75) is 12.5 Å². The van der Waals surface area contributed by atoms with Crippen LogP contribution in [0.3, 0.4) is 0 Å². The van der Waals surface area contributed by atoms with E-state index in [2.05, 4.69) is 25.8 Å². The number of fused-ring (bicyclic) bond motifs is 1. The summed E-state index contributed by atoms with van der Waals surface area (Å²) in [6.07, 6.45) is 1.90. The van der Waals surface area contributed by atoms with Gasteiger partial charge in [-0.25, -0.2) is 9.67 Å². The number of carbonyl (C=O) groups is 1. The molecule has 0 saturated carbocycles. The van der Waals surface area contributed by atoms with Gasteiger partial charge >= 0.3 is 0 Å². The van der Waals surface area contributed by atoms with E-state index in [1.165, 1.54) is 22.3 Å². The SMILES string of the molecule is O=C(Nc1nc2ccc(Cl)cc2s1)C(Cc1ccccc1)n1cnnn1. The van der Waals surface area contributed by atoms with Crippen LogP contribution in [0.5, 0.6) is 0 Å². The van der Waals surface area contributed by atoms with Gasteiger partial charge in [0.2, 0.25) is 0 Å². The number of carbonyl (C=O) groups excluding carboxylic acids is 1. The van der Waals surface area contributed by atoms with E-state index in [0.717, 1.165) is 15.8 Å². The monoisotopic (exact) mass is 384 g/mol. The van der Waals surface area contributed by atoms with Gasteiger partial charge in [0, 0.05) is 11.4 Å². The molecule has 0 bridgehead atoms. The fraction of sp³-hybridized carbons (Fsp3) is 0.118. The van der Waals surface area contributed by atoms with Crippen LogP contribution in [0.2, 0.25) is 5.02 Å². The lowest BCUT2D eigenvalue weighted by Gasteiger charge is -2.15. The second kappa shape index (κ2) is 7.19. The Bertz CT molecular complexity index is 1030. The van der Waals surface area contributed by atoms with Crippen LogP contribution in [-0.4, -0.2) is 31.1 Å². The molecule has 9 heteroatoms. The molecule has 0 spiro atoms. The van der Waals surface area contributed by atoms with Crippen LogP contribution >= 0.6 is 22.9 Å². The van der Waals surface area contributed by atoms with Crippen molar-refractivity contribution in [1.82, 2.24) is 25.2 Å². The van der Waals surface area contributed by atoms with E-state index in [-0.39, 0.29) is 5.91 Å². The molecule has 7 nitrogen and oxygen atoms in total. The Balaban J connectivity index is 1.59. The highest BCUT2D eigenvalue weighted by Gasteiger charge is 2.23. The van der Waals surface area contributed by atoms with Gasteiger partial charge in [0.15, 0.2) is 5.13 Å². The molecular weight excluding hydrogens is 372 g/mol. The Labute approximate surface area is 157 Å². The average Bonchev–Trinajstić information content (AvgIpc) is 3.29. The summed E-state index contributed by atoms with van der Waals surface area (Å²) in [5.74, 6) is -0.230. The summed E-state index contributed by atoms with van der Waals surface area (Å²) in [7, 11) is 0. The van der Waals surface area contributed by atoms with Crippen LogP contribution in [-0.2, 0) is 11.2 Å². The van der Waals surface area contributed by atoms with Gasteiger partial charge in [0.1, 0.15) is 12.4 Å². The maximum absolute atomic E-state index is 12.9. The number of amides is 1. The molecule has 0 aliphatic carbocycles. The molecule has 0 radical (unpaired) electrons. The minimum absolute atomic E-state index is 0.230. The third-order valence-corrected chi connectivity index (χ3v) is 5.01. The number of benzene rings is 2. The summed E-state index contributed by atoms with van der Waals surface area (Å²) in [4.78, 5) is 17.3. The van der Waals surface area contributed by atoms with E-state index in [1.54, 1.807) is 6.07 Å². The van der Waals surface area contributed by atoms with Gasteiger partial charge in [-0.1, -0.05) is 53.3 Å². The van der Waals surface area contributed by atoms with E-state index in [0.29, 0.717) is 16.6 Å². The van der Waals surface area contributed by atoms with Crippen molar-refractivity contribution < 1.29 is 4.79 Å². The Hall–Kier alpha value is -2.84. The number of tetrazole rings is 1. The van der Waals surface area contributed by atoms with Crippen LogP contribution in [0, 0.1) is 0 Å². The van der Waals surface area contributed by atoms with Gasteiger partial charge in [0.05, 0.1) is 10.2 Å². The summed E-state index contributed by atoms with van der Waals surface area (Å²) in [6.45, 7) is 0. The van der Waals surface area contributed by atoms with Crippen LogP contribution in [0.1, 0.15) is 11.6 Å². The lowest BCUT2D eigenvalue weighted by atomic mass is 10.1. The molecule has 130 valence electrons. The lowest BCUT2D eigenvalue weighted by Crippen LogP contribution is -2.28. The molecule has 4 aromatic rings. The lowest BCUT2D eigenvalue weighted by molar-refractivity contribution is -0.119. The molecule has 1 N–H and O–H groups in total. The molecule has 0 saturated heterocycles. The molecule has 0 aliphatic heterocycles. The Kier molecular flexibility index (Phi) is 4.59. The number of rotatable bonds is 5. The number of hydrogen-bond acceptors (Lipinski definition) is 6. The van der Waals surface area contributed by atoms with Crippen molar-refractivity contribution in [2.24, 2.45) is 0 Å². The second-order valence-electron chi connectivity index (χ2n) is 5.62. The van der Waals surface area contributed by atoms with E-state index in [9.17, 15) is 4.79 Å². The number of hydrogen-bond donors (Lipinski definition) is 1. The number of halogens is 1. The summed E-state index contributed by atoms with van der Waals surface area (Å²) in [5.41, 5.74) is 1.80. The first-order valence-corrected chi connectivity index (χ1v) is 9.02. The molecule has 26 heavy (non-hydrogen) atoms. The van der Waals surface area contributed by atoms with Gasteiger partial charge in [-0.05, 0) is 34.2 Å². The number of nitrogens with zero attached hydrogens (tertiary/aromatic N) is 5. The summed E-state index contributed by atoms with van der Waals surface area (Å²) in [6, 6.07) is 14.6. The van der Waals surface area contributed by atoms with E-state index < -0.39 is 6.04 Å². The van der Waals surface area contributed by atoms with Gasteiger partial charge in [-0.2, -0.15) is 0 Å². The summed E-state index contributed by atoms with van der Waals surface area (Å²) < 4.78 is 2.36. The second-order valence-corrected chi connectivity index (χ2v) is 7.08. The van der Waals surface area contributed by atoms with Gasteiger partial charge in [-0.3, -0.25) is 4.79 Å². The van der Waals surface area contributed by atoms with Crippen molar-refractivity contribution in [3.05, 3.63) is 65.4 Å². The number of nitrogens with one attached hydrogen (secondary N) is 1. The third kappa shape index (κ3) is 3.56. The molecule has 4 rings (SSSR count). The Morgan fingerprint density at radius 1 is 1.23 bits per heavy atom. The van der Waals surface area contributed by atoms with E-state index in [1.807, 2.05) is 42.5 Å². The summed E-state index contributed by atoms with van der Waals surface area (Å²) >= 11 is 7.38. The molecule has 2 aromatic heterocycles. The van der Waals surface area contributed by atoms with Gasteiger partial charge < -0.3 is 5.32 Å². The zero-order chi connectivity index (χ0) is 17.9. The predicted molar refractivity (Wildman–Crippen MR) is 100 cm³/mol. The normalized spacial score (nSPS) is 12.2. The quantitative estimate of drug-likeness (QED) is 0.570. The Morgan fingerprint density at radius 3 is 2.85 bits per heavy atom. The van der Waals surface area contributed by atoms with Crippen molar-refractivity contribution in [3.8, 4) is 0 Å². The first-order chi connectivity index (χ1) is 12.7. The van der Waals surface area contributed by atoms with Crippen molar-refractivity contribution in [2.75, 3.05) is 5.32 Å². The Morgan fingerprint density at radius 2 is 2.08 bits per heavy atom. The first kappa shape index (κ1) is 16.6. The zero-order valence-electron chi connectivity index (χ0n) is 13.4. The molecule has 0 aliphatic rings. The summed E-state index contributed by atoms with van der Waals surface area (Å²) in [5, 5.41) is 15.2. The van der Waals surface area contributed by atoms with Gasteiger partial charge in [-0.15, -0.1) is 5.10 Å². The molecule has 2 aromatic carbocycles. The maximum atomic E-state index is 12.9. The highest BCUT2D eigenvalue weighted by atomic mass is 35.5. The number of aromatic nitrogens is 5. The topological polar surface area (TPSA) is 85.6 Å². The molecule has 2 heterocycles. The molecule has 1 amide bonds. The highest BCUT2D eigenvalue weighted by Crippen LogP contribution is 2.29. The minimum Gasteiger partial charge on any atom is -0.300 e. The number of anilines is 1. The largest absolute Gasteiger partial charge is 0.300 e. The average molecular weight is 385 g/mol. The van der Waals surface area contributed by atoms with Crippen LogP contribution < -0.4 is 5.32 Å². The fourth-order valence-corrected chi connectivity index (χ4v) is 3.74. The highest BCUT2D eigenvalue weighted by molar-refractivity contribution is 7.22. The minimum atomic E-state index is -0.581. The maximum Gasteiger partial charge on any atom is 0.251 e. The van der Waals surface area contributed by atoms with Crippen LogP contribution in [0.15, 0.2) is 54.9 Å². The standard InChI is InChI=1S/C17H13ClN6OS/c18-12-6-7-13-15(9-12)26-17(20-13)21-16(25)14(24-10-19-22-23-24)8-11-4-2-1-3-5-11/h1-7,9-10,14H,8H2,(H,20,21,25). The van der Waals surface area contributed by atoms with Crippen LogP contribution in [0.25, 0.3) is 10.2 Å². The van der Waals surface area contributed by atoms with E-state index in [4.69, 9.17) is 11.6 Å². The smallest absolute Gasteiger partial charge is 0.251 e. The van der Waals surface area contributed by atoms with Crippen molar-refractivity contribution in [3.63, 3.8) is 0 Å².